The molecule has 0 saturated carbocycles. The van der Waals surface area contributed by atoms with Crippen molar-refractivity contribution in [3.63, 3.8) is 0 Å². The number of benzene rings is 1. The zero-order valence-electron chi connectivity index (χ0n) is 15.0. The van der Waals surface area contributed by atoms with E-state index >= 15 is 0 Å². The lowest BCUT2D eigenvalue weighted by Gasteiger charge is -2.16. The first kappa shape index (κ1) is 20.7. The van der Waals surface area contributed by atoms with Gasteiger partial charge in [0.1, 0.15) is 18.5 Å². The number of anilines is 1. The Hall–Kier alpha value is -2.37. The van der Waals surface area contributed by atoms with E-state index in [0.717, 1.165) is 17.0 Å². The first-order valence-corrected chi connectivity index (χ1v) is 8.36. The van der Waals surface area contributed by atoms with E-state index in [2.05, 4.69) is 35.4 Å². The molecule has 1 rings (SSSR count). The van der Waals surface area contributed by atoms with Crippen molar-refractivity contribution in [3.8, 4) is 5.75 Å². The second-order valence-electron chi connectivity index (χ2n) is 5.51. The van der Waals surface area contributed by atoms with Gasteiger partial charge in [0.2, 0.25) is 0 Å². The van der Waals surface area contributed by atoms with Crippen molar-refractivity contribution < 1.29 is 9.84 Å². The number of rotatable bonds is 13. The number of aliphatic imine (C=N–C) groups is 1. The van der Waals surface area contributed by atoms with Crippen LogP contribution in [0.5, 0.6) is 5.75 Å². The predicted octanol–water partition coefficient (Wildman–Crippen LogP) is 2.79. The number of nitrogens with zero attached hydrogens (tertiary/aromatic N) is 1. The van der Waals surface area contributed by atoms with Crippen LogP contribution in [0, 0.1) is 0 Å². The van der Waals surface area contributed by atoms with Crippen LogP contribution in [0.25, 0.3) is 0 Å². The van der Waals surface area contributed by atoms with Crippen LogP contribution in [0.15, 0.2) is 61.2 Å². The topological polar surface area (TPSA) is 65.9 Å². The third-order valence-electron chi connectivity index (χ3n) is 3.38. The van der Waals surface area contributed by atoms with Crippen molar-refractivity contribution in [1.29, 1.82) is 0 Å². The summed E-state index contributed by atoms with van der Waals surface area (Å²) in [4.78, 5) is 4.47. The number of hydrogen-bond acceptors (Lipinski definition) is 5. The molecular weight excluding hydrogens is 314 g/mol. The van der Waals surface area contributed by atoms with Crippen LogP contribution >= 0.6 is 0 Å². The van der Waals surface area contributed by atoms with Crippen molar-refractivity contribution in [2.75, 3.05) is 38.1 Å². The first-order chi connectivity index (χ1) is 12.1. The zero-order valence-corrected chi connectivity index (χ0v) is 15.0. The second kappa shape index (κ2) is 12.1. The van der Waals surface area contributed by atoms with Gasteiger partial charge in [0.25, 0.3) is 0 Å². The molecule has 1 unspecified atom stereocenters. The number of aliphatic hydroxyl groups excluding tert-OH is 1. The average Bonchev–Trinajstić information content (AvgIpc) is 2.63. The largest absolute Gasteiger partial charge is 0.490 e. The second-order valence-corrected chi connectivity index (χ2v) is 5.51. The Labute approximate surface area is 150 Å². The molecule has 25 heavy (non-hydrogen) atoms. The lowest BCUT2D eigenvalue weighted by molar-refractivity contribution is 0.107. The molecule has 0 radical (unpaired) electrons. The summed E-state index contributed by atoms with van der Waals surface area (Å²) in [5, 5.41) is 16.3. The summed E-state index contributed by atoms with van der Waals surface area (Å²) in [7, 11) is 0. The number of aliphatic hydroxyl groups is 1. The highest BCUT2D eigenvalue weighted by molar-refractivity contribution is 6.02. The molecule has 1 atom stereocenters. The van der Waals surface area contributed by atoms with Gasteiger partial charge in [0.05, 0.1) is 6.54 Å². The van der Waals surface area contributed by atoms with Gasteiger partial charge in [-0.15, -0.1) is 19.7 Å². The first-order valence-electron chi connectivity index (χ1n) is 8.36. The molecule has 0 aromatic heterocycles. The Balaban J connectivity index is 2.86. The maximum Gasteiger partial charge on any atom is 0.128 e. The highest BCUT2D eigenvalue weighted by atomic mass is 16.5. The fraction of sp³-hybridized carbons (Fsp3) is 0.350. The summed E-state index contributed by atoms with van der Waals surface area (Å²) < 4.78 is 5.82. The Morgan fingerprint density at radius 3 is 2.68 bits per heavy atom. The summed E-state index contributed by atoms with van der Waals surface area (Å²) in [6.45, 7) is 15.5. The number of hydrogen-bond donors (Lipinski definition) is 3. The summed E-state index contributed by atoms with van der Waals surface area (Å²) in [6.07, 6.45) is 4.70. The maximum atomic E-state index is 9.99. The van der Waals surface area contributed by atoms with E-state index in [1.54, 1.807) is 18.2 Å². The summed E-state index contributed by atoms with van der Waals surface area (Å²) in [5.74, 6) is 0.692. The predicted molar refractivity (Wildman–Crippen MR) is 107 cm³/mol. The van der Waals surface area contributed by atoms with Crippen molar-refractivity contribution in [2.24, 2.45) is 4.99 Å². The molecule has 1 aromatic carbocycles. The molecule has 0 aliphatic heterocycles. The normalized spacial score (nSPS) is 12.3. The van der Waals surface area contributed by atoms with E-state index in [0.29, 0.717) is 31.9 Å². The fourth-order valence-electron chi connectivity index (χ4n) is 2.12. The molecule has 0 saturated heterocycles. The van der Waals surface area contributed by atoms with Crippen molar-refractivity contribution in [2.45, 2.75) is 13.0 Å². The molecule has 136 valence electrons. The van der Waals surface area contributed by atoms with Gasteiger partial charge >= 0.3 is 0 Å². The lowest BCUT2D eigenvalue weighted by atomic mass is 10.1. The van der Waals surface area contributed by atoms with Crippen LogP contribution in [-0.2, 0) is 0 Å². The quantitative estimate of drug-likeness (QED) is 0.293. The highest BCUT2D eigenvalue weighted by Gasteiger charge is 2.11. The van der Waals surface area contributed by atoms with Crippen LogP contribution in [0.4, 0.5) is 5.69 Å². The Morgan fingerprint density at radius 2 is 2.00 bits per heavy atom. The molecule has 0 spiro atoms. The molecule has 3 N–H and O–H groups in total. The molecule has 0 aliphatic rings. The minimum absolute atomic E-state index is 0.200. The molecule has 0 heterocycles. The van der Waals surface area contributed by atoms with Gasteiger partial charge in [-0.1, -0.05) is 18.2 Å². The summed E-state index contributed by atoms with van der Waals surface area (Å²) in [5.41, 5.74) is 2.71. The monoisotopic (exact) mass is 343 g/mol. The zero-order chi connectivity index (χ0) is 18.5. The van der Waals surface area contributed by atoms with Crippen LogP contribution < -0.4 is 15.4 Å². The van der Waals surface area contributed by atoms with Crippen LogP contribution in [-0.4, -0.2) is 49.7 Å². The molecule has 0 fully saturated rings. The van der Waals surface area contributed by atoms with Crippen molar-refractivity contribution >= 4 is 11.4 Å². The SMILES string of the molecule is C=CCN=C(C)c1cc(NCC=C)ccc1OCC(O)CNCC=C. The van der Waals surface area contributed by atoms with Crippen molar-refractivity contribution in [1.82, 2.24) is 5.32 Å². The van der Waals surface area contributed by atoms with Gasteiger partial charge < -0.3 is 20.5 Å². The minimum Gasteiger partial charge on any atom is -0.490 e. The van der Waals surface area contributed by atoms with Gasteiger partial charge in [-0.05, 0) is 25.1 Å². The number of ether oxygens (including phenoxy) is 1. The lowest BCUT2D eigenvalue weighted by Crippen LogP contribution is -2.31. The Bertz CT molecular complexity index is 597. The highest BCUT2D eigenvalue weighted by Crippen LogP contribution is 2.24. The molecule has 0 amide bonds. The Morgan fingerprint density at radius 1 is 1.24 bits per heavy atom. The smallest absolute Gasteiger partial charge is 0.128 e. The molecular formula is C20H29N3O2. The van der Waals surface area contributed by atoms with Crippen LogP contribution in [0.3, 0.4) is 0 Å². The average molecular weight is 343 g/mol. The Kier molecular flexibility index (Phi) is 9.97. The summed E-state index contributed by atoms with van der Waals surface area (Å²) in [6, 6.07) is 5.81. The van der Waals surface area contributed by atoms with Crippen LogP contribution in [0.1, 0.15) is 12.5 Å². The van der Waals surface area contributed by atoms with Crippen molar-refractivity contribution in [3.05, 3.63) is 61.7 Å². The molecule has 0 bridgehead atoms. The maximum absolute atomic E-state index is 9.99. The fourth-order valence-corrected chi connectivity index (χ4v) is 2.12. The molecule has 5 nitrogen and oxygen atoms in total. The molecule has 1 aromatic rings. The van der Waals surface area contributed by atoms with Crippen LogP contribution in [0.2, 0.25) is 0 Å². The minimum atomic E-state index is -0.600. The number of nitrogens with one attached hydrogen (secondary N) is 2. The van der Waals surface area contributed by atoms with Gasteiger partial charge in [-0.2, -0.15) is 0 Å². The molecule has 5 heteroatoms. The third kappa shape index (κ3) is 7.83. The van der Waals surface area contributed by atoms with E-state index in [4.69, 9.17) is 4.74 Å². The van der Waals surface area contributed by atoms with E-state index in [-0.39, 0.29) is 6.61 Å². The van der Waals surface area contributed by atoms with E-state index in [1.807, 2.05) is 25.1 Å². The van der Waals surface area contributed by atoms with Gasteiger partial charge in [0, 0.05) is 36.6 Å². The third-order valence-corrected chi connectivity index (χ3v) is 3.38. The van der Waals surface area contributed by atoms with E-state index < -0.39 is 6.10 Å². The van der Waals surface area contributed by atoms with Gasteiger partial charge in [-0.3, -0.25) is 4.99 Å². The standard InChI is InChI=1S/C20H29N3O2/c1-5-10-21-14-18(24)15-25-20-9-8-17(23-12-7-3)13-19(20)16(4)22-11-6-2/h5-9,13,18,21,23-24H,1-3,10-12,14-15H2,4H3. The summed E-state index contributed by atoms with van der Waals surface area (Å²) >= 11 is 0. The van der Waals surface area contributed by atoms with Gasteiger partial charge in [-0.25, -0.2) is 0 Å². The van der Waals surface area contributed by atoms with E-state index in [9.17, 15) is 5.11 Å². The van der Waals surface area contributed by atoms with E-state index in [1.165, 1.54) is 0 Å². The van der Waals surface area contributed by atoms with Gasteiger partial charge in [0.15, 0.2) is 0 Å². The molecule has 0 aliphatic carbocycles.